The molecule has 0 unspecified atom stereocenters. The largest absolute Gasteiger partial charge is 0.417 e. The zero-order valence-electron chi connectivity index (χ0n) is 19.5. The highest BCUT2D eigenvalue weighted by atomic mass is 79.9. The van der Waals surface area contributed by atoms with Gasteiger partial charge in [0.05, 0.1) is 56.3 Å². The molecule has 0 aromatic carbocycles. The van der Waals surface area contributed by atoms with Crippen LogP contribution >= 0.6 is 15.9 Å². The molecule has 2 aliphatic heterocycles. The maximum atomic E-state index is 13.1. The Morgan fingerprint density at radius 3 is 2.97 bits per heavy atom. The molecule has 0 saturated carbocycles. The molecular formula is C22H26BrF3N6O4. The van der Waals surface area contributed by atoms with Gasteiger partial charge in [0.25, 0.3) is 5.56 Å². The van der Waals surface area contributed by atoms with Crippen LogP contribution in [-0.2, 0) is 27.1 Å². The van der Waals surface area contributed by atoms with Gasteiger partial charge in [-0.25, -0.2) is 10.1 Å². The van der Waals surface area contributed by atoms with Crippen molar-refractivity contribution < 1.29 is 27.4 Å². The van der Waals surface area contributed by atoms with Crippen LogP contribution in [0.2, 0.25) is 0 Å². The smallest absolute Gasteiger partial charge is 0.379 e. The molecule has 2 aliphatic rings. The lowest BCUT2D eigenvalue weighted by molar-refractivity contribution is -0.138. The number of carbonyl (C=O) groups excluding carboxylic acids is 1. The van der Waals surface area contributed by atoms with E-state index < -0.39 is 11.7 Å². The third-order valence-corrected chi connectivity index (χ3v) is 6.76. The van der Waals surface area contributed by atoms with Gasteiger partial charge in [-0.3, -0.25) is 9.59 Å². The van der Waals surface area contributed by atoms with E-state index in [4.69, 9.17) is 9.47 Å². The van der Waals surface area contributed by atoms with Crippen LogP contribution < -0.4 is 15.8 Å². The van der Waals surface area contributed by atoms with Crippen molar-refractivity contribution in [3.63, 3.8) is 0 Å². The number of nitrogens with one attached hydrogen (secondary N) is 2. The first-order chi connectivity index (χ1) is 17.1. The molecule has 0 radical (unpaired) electrons. The van der Waals surface area contributed by atoms with E-state index in [1.807, 2.05) is 11.8 Å². The molecule has 1 saturated heterocycles. The Hall–Kier alpha value is -2.71. The Labute approximate surface area is 213 Å². The number of hydrogen-bond donors (Lipinski definition) is 2. The molecule has 0 aliphatic carbocycles. The predicted octanol–water partition coefficient (Wildman–Crippen LogP) is 2.40. The van der Waals surface area contributed by atoms with Gasteiger partial charge in [-0.1, -0.05) is 0 Å². The highest BCUT2D eigenvalue weighted by molar-refractivity contribution is 9.10. The van der Waals surface area contributed by atoms with Gasteiger partial charge in [-0.2, -0.15) is 18.3 Å². The van der Waals surface area contributed by atoms with Crippen molar-refractivity contribution in [3.05, 3.63) is 44.4 Å². The van der Waals surface area contributed by atoms with Crippen molar-refractivity contribution in [3.8, 4) is 0 Å². The molecule has 2 atom stereocenters. The molecular weight excluding hydrogens is 549 g/mol. The van der Waals surface area contributed by atoms with Gasteiger partial charge in [0.15, 0.2) is 0 Å². The normalized spacial score (nSPS) is 18.8. The summed E-state index contributed by atoms with van der Waals surface area (Å²) in [5.41, 5.74) is -0.210. The van der Waals surface area contributed by atoms with Crippen LogP contribution in [0.25, 0.3) is 0 Å². The molecule has 1 amide bonds. The second-order valence-corrected chi connectivity index (χ2v) is 9.50. The number of carbonyl (C=O) groups is 1. The summed E-state index contributed by atoms with van der Waals surface area (Å²) in [6.45, 7) is 4.02. The Kier molecular flexibility index (Phi) is 8.15. The van der Waals surface area contributed by atoms with Crippen molar-refractivity contribution in [1.29, 1.82) is 0 Å². The monoisotopic (exact) mass is 574 g/mol. The molecule has 2 aromatic heterocycles. The van der Waals surface area contributed by atoms with E-state index >= 15 is 0 Å². The molecule has 0 bridgehead atoms. The minimum Gasteiger partial charge on any atom is -0.379 e. The Balaban J connectivity index is 1.25. The van der Waals surface area contributed by atoms with E-state index in [-0.39, 0.29) is 49.8 Å². The molecule has 2 aromatic rings. The number of anilines is 2. The zero-order valence-corrected chi connectivity index (χ0v) is 21.1. The highest BCUT2D eigenvalue weighted by Crippen LogP contribution is 2.34. The number of fused-ring (bicyclic) bond motifs is 3. The van der Waals surface area contributed by atoms with Gasteiger partial charge in [0, 0.05) is 37.4 Å². The van der Waals surface area contributed by atoms with E-state index in [1.54, 1.807) is 4.90 Å². The van der Waals surface area contributed by atoms with Crippen LogP contribution in [0.15, 0.2) is 27.7 Å². The van der Waals surface area contributed by atoms with E-state index in [0.717, 1.165) is 12.3 Å². The van der Waals surface area contributed by atoms with Crippen molar-refractivity contribution in [2.24, 2.45) is 0 Å². The van der Waals surface area contributed by atoms with Gasteiger partial charge in [0.2, 0.25) is 5.91 Å². The summed E-state index contributed by atoms with van der Waals surface area (Å²) >= 11 is 3.20. The quantitative estimate of drug-likeness (QED) is 0.485. The maximum Gasteiger partial charge on any atom is 0.417 e. The maximum absolute atomic E-state index is 13.1. The lowest BCUT2D eigenvalue weighted by Crippen LogP contribution is -2.56. The van der Waals surface area contributed by atoms with Gasteiger partial charge in [-0.05, 0) is 28.9 Å². The van der Waals surface area contributed by atoms with E-state index in [0.29, 0.717) is 47.8 Å². The Morgan fingerprint density at radius 1 is 1.39 bits per heavy atom. The SMILES string of the molecule is C[C@@H](COCCC(=O)N1CCN2c3ncc(C(F)(F)F)cc3COC[C@H]2C1)Nc1cn[nH]c(=O)c1Br. The number of nitrogens with zero attached hydrogens (tertiary/aromatic N) is 4. The van der Waals surface area contributed by atoms with Crippen LogP contribution in [0, 0.1) is 0 Å². The fraction of sp³-hybridized carbons (Fsp3) is 0.545. The number of aromatic nitrogens is 3. The number of rotatable bonds is 7. The van der Waals surface area contributed by atoms with Crippen molar-refractivity contribution in [1.82, 2.24) is 20.1 Å². The standard InChI is InChI=1S/C22H26BrF3N6O4/c1-13(29-17-8-28-30-21(34)19(17)23)10-35-5-2-18(33)31-3-4-32-16(9-31)12-36-11-14-6-15(22(24,25)26)7-27-20(14)32/h6-8,13,16H,2-5,9-12H2,1H3,(H2,29,30,34)/t13-,16+/m0/s1. The van der Waals surface area contributed by atoms with Crippen molar-refractivity contribution in [2.75, 3.05) is 49.7 Å². The van der Waals surface area contributed by atoms with Gasteiger partial charge >= 0.3 is 6.18 Å². The fourth-order valence-corrected chi connectivity index (χ4v) is 4.51. The van der Waals surface area contributed by atoms with Gasteiger partial charge < -0.3 is 24.6 Å². The van der Waals surface area contributed by atoms with Crippen LogP contribution in [0.4, 0.5) is 24.7 Å². The van der Waals surface area contributed by atoms with Crippen LogP contribution in [0.1, 0.15) is 24.5 Å². The molecule has 4 heterocycles. The number of amides is 1. The number of piperazine rings is 1. The van der Waals surface area contributed by atoms with Gasteiger partial charge in [0.1, 0.15) is 10.3 Å². The van der Waals surface area contributed by atoms with E-state index in [9.17, 15) is 22.8 Å². The third-order valence-electron chi connectivity index (χ3n) is 5.97. The topological polar surface area (TPSA) is 113 Å². The summed E-state index contributed by atoms with van der Waals surface area (Å²) in [4.78, 5) is 32.1. The molecule has 36 heavy (non-hydrogen) atoms. The molecule has 196 valence electrons. The molecule has 14 heteroatoms. The Bertz CT molecular complexity index is 1150. The minimum absolute atomic E-state index is 0.0389. The predicted molar refractivity (Wildman–Crippen MR) is 128 cm³/mol. The minimum atomic E-state index is -4.47. The summed E-state index contributed by atoms with van der Waals surface area (Å²) in [6, 6.07) is 0.761. The fourth-order valence-electron chi connectivity index (χ4n) is 4.20. The Morgan fingerprint density at radius 2 is 2.19 bits per heavy atom. The lowest BCUT2D eigenvalue weighted by atomic mass is 10.1. The van der Waals surface area contributed by atoms with Crippen molar-refractivity contribution in [2.45, 2.75) is 38.2 Å². The number of alkyl halides is 3. The second kappa shape index (κ2) is 11.1. The molecule has 4 rings (SSSR count). The summed E-state index contributed by atoms with van der Waals surface area (Å²) < 4.78 is 50.8. The number of ether oxygens (including phenoxy) is 2. The van der Waals surface area contributed by atoms with Crippen LogP contribution in [-0.4, -0.2) is 77.5 Å². The molecule has 2 N–H and O–H groups in total. The summed E-state index contributed by atoms with van der Waals surface area (Å²) in [5, 5.41) is 9.19. The number of halogens is 4. The summed E-state index contributed by atoms with van der Waals surface area (Å²) in [6.07, 6.45) is -1.94. The second-order valence-electron chi connectivity index (χ2n) is 8.70. The molecule has 1 fully saturated rings. The highest BCUT2D eigenvalue weighted by Gasteiger charge is 2.36. The summed E-state index contributed by atoms with van der Waals surface area (Å²) in [5.74, 6) is 0.409. The van der Waals surface area contributed by atoms with Gasteiger partial charge in [-0.15, -0.1) is 0 Å². The average molecular weight is 575 g/mol. The summed E-state index contributed by atoms with van der Waals surface area (Å²) in [7, 11) is 0. The van der Waals surface area contributed by atoms with E-state index in [2.05, 4.69) is 36.4 Å². The molecule has 10 nitrogen and oxygen atoms in total. The number of hydrogen-bond acceptors (Lipinski definition) is 8. The van der Waals surface area contributed by atoms with E-state index in [1.165, 1.54) is 6.20 Å². The average Bonchev–Trinajstić information content (AvgIpc) is 3.02. The van der Waals surface area contributed by atoms with Crippen molar-refractivity contribution >= 4 is 33.3 Å². The van der Waals surface area contributed by atoms with Crippen LogP contribution in [0.3, 0.4) is 0 Å². The number of aromatic amines is 1. The third kappa shape index (κ3) is 6.16. The lowest BCUT2D eigenvalue weighted by Gasteiger charge is -2.41. The first-order valence-electron chi connectivity index (χ1n) is 11.4. The number of H-pyrrole nitrogens is 1. The van der Waals surface area contributed by atoms with Crippen LogP contribution in [0.5, 0.6) is 0 Å². The zero-order chi connectivity index (χ0) is 25.9. The number of pyridine rings is 1. The first kappa shape index (κ1) is 26.4. The molecule has 0 spiro atoms. The first-order valence-corrected chi connectivity index (χ1v) is 12.2.